The van der Waals surface area contributed by atoms with Crippen LogP contribution in [0.4, 0.5) is 5.69 Å². The van der Waals surface area contributed by atoms with Crippen LogP contribution in [-0.2, 0) is 10.0 Å². The van der Waals surface area contributed by atoms with Gasteiger partial charge in [0.1, 0.15) is 0 Å². The summed E-state index contributed by atoms with van der Waals surface area (Å²) in [6, 6.07) is 20.8. The molecule has 154 valence electrons. The van der Waals surface area contributed by atoms with Crippen molar-refractivity contribution >= 4 is 26.5 Å². The average Bonchev–Trinajstić information content (AvgIpc) is 3.27. The largest absolute Gasteiger partial charge is 0.378 e. The van der Waals surface area contributed by atoms with Crippen LogP contribution in [0, 0.1) is 5.92 Å². The average molecular weight is 419 g/mol. The van der Waals surface area contributed by atoms with Gasteiger partial charge < -0.3 is 5.32 Å². The summed E-state index contributed by atoms with van der Waals surface area (Å²) in [5, 5.41) is 6.20. The van der Waals surface area contributed by atoms with Crippen molar-refractivity contribution in [3.05, 3.63) is 83.9 Å². The summed E-state index contributed by atoms with van der Waals surface area (Å²) < 4.78 is 27.9. The van der Waals surface area contributed by atoms with Crippen molar-refractivity contribution in [2.24, 2.45) is 5.92 Å². The van der Waals surface area contributed by atoms with Gasteiger partial charge >= 0.3 is 0 Å². The first-order chi connectivity index (χ1) is 14.6. The van der Waals surface area contributed by atoms with Crippen LogP contribution in [0.1, 0.15) is 42.9 Å². The highest BCUT2D eigenvalue weighted by Gasteiger charge is 2.38. The van der Waals surface area contributed by atoms with E-state index in [1.165, 1.54) is 16.3 Å². The fourth-order valence-electron chi connectivity index (χ4n) is 4.79. The first kappa shape index (κ1) is 19.3. The molecule has 3 unspecified atom stereocenters. The van der Waals surface area contributed by atoms with Crippen LogP contribution in [0.25, 0.3) is 10.8 Å². The highest BCUT2D eigenvalue weighted by molar-refractivity contribution is 7.89. The van der Waals surface area contributed by atoms with Crippen LogP contribution in [0.15, 0.2) is 77.7 Å². The lowest BCUT2D eigenvalue weighted by Crippen LogP contribution is -2.30. The van der Waals surface area contributed by atoms with E-state index < -0.39 is 10.0 Å². The lowest BCUT2D eigenvalue weighted by atomic mass is 9.77. The van der Waals surface area contributed by atoms with Gasteiger partial charge in [0, 0.05) is 18.2 Å². The van der Waals surface area contributed by atoms with Gasteiger partial charge in [0.2, 0.25) is 10.0 Å². The maximum atomic E-state index is 12.6. The Morgan fingerprint density at radius 2 is 1.87 bits per heavy atom. The molecular formula is C25H26N2O2S. The molecule has 0 spiro atoms. The van der Waals surface area contributed by atoms with Gasteiger partial charge in [-0.3, -0.25) is 0 Å². The Hall–Kier alpha value is -2.63. The van der Waals surface area contributed by atoms with E-state index in [1.54, 1.807) is 6.07 Å². The topological polar surface area (TPSA) is 58.2 Å². The molecule has 1 aliphatic heterocycles. The molecule has 2 N–H and O–H groups in total. The molecular weight excluding hydrogens is 392 g/mol. The Kier molecular flexibility index (Phi) is 4.88. The second-order valence-corrected chi connectivity index (χ2v) is 10.00. The number of nitrogens with one attached hydrogen (secondary N) is 2. The molecule has 5 heteroatoms. The third kappa shape index (κ3) is 3.32. The Morgan fingerprint density at radius 3 is 2.70 bits per heavy atom. The smallest absolute Gasteiger partial charge is 0.240 e. The maximum Gasteiger partial charge on any atom is 0.240 e. The van der Waals surface area contributed by atoms with E-state index in [0.29, 0.717) is 17.4 Å². The van der Waals surface area contributed by atoms with Gasteiger partial charge in [-0.15, -0.1) is 0 Å². The van der Waals surface area contributed by atoms with Crippen LogP contribution in [0.5, 0.6) is 0 Å². The van der Waals surface area contributed by atoms with Crippen LogP contribution in [0.3, 0.4) is 0 Å². The minimum atomic E-state index is -3.48. The number of allylic oxidation sites excluding steroid dienone is 2. The molecule has 0 aromatic heterocycles. The summed E-state index contributed by atoms with van der Waals surface area (Å²) in [4.78, 5) is 0.347. The molecule has 3 aromatic rings. The zero-order valence-electron chi connectivity index (χ0n) is 17.0. The van der Waals surface area contributed by atoms with E-state index in [0.717, 1.165) is 24.1 Å². The Morgan fingerprint density at radius 1 is 1.03 bits per heavy atom. The number of anilines is 1. The van der Waals surface area contributed by atoms with Crippen molar-refractivity contribution in [3.63, 3.8) is 0 Å². The molecule has 5 rings (SSSR count). The van der Waals surface area contributed by atoms with E-state index >= 15 is 0 Å². The van der Waals surface area contributed by atoms with Crippen molar-refractivity contribution in [3.8, 4) is 0 Å². The minimum Gasteiger partial charge on any atom is -0.378 e. The molecule has 0 saturated carbocycles. The van der Waals surface area contributed by atoms with Crippen molar-refractivity contribution in [2.75, 3.05) is 11.9 Å². The molecule has 3 atom stereocenters. The Bertz CT molecular complexity index is 1230. The standard InChI is InChI=1S/C25H26N2O2S/c1-2-14-26-30(28,29)20-12-13-24-23(16-20)21-8-5-9-22(21)25(27-24)19-11-10-17-6-3-4-7-18(17)15-19/h3-8,10-13,15-16,21-22,25-27H,2,9,14H2,1H3. The second-order valence-electron chi connectivity index (χ2n) is 8.23. The molecule has 0 fully saturated rings. The number of fused-ring (bicyclic) bond motifs is 4. The molecule has 30 heavy (non-hydrogen) atoms. The van der Waals surface area contributed by atoms with E-state index in [4.69, 9.17) is 0 Å². The van der Waals surface area contributed by atoms with Crippen LogP contribution in [-0.4, -0.2) is 15.0 Å². The SMILES string of the molecule is CCCNS(=O)(=O)c1ccc2c(c1)C1C=CCC1C(c1ccc3ccccc3c1)N2. The zero-order chi connectivity index (χ0) is 20.7. The molecule has 0 bridgehead atoms. The molecule has 3 aromatic carbocycles. The molecule has 0 saturated heterocycles. The zero-order valence-corrected chi connectivity index (χ0v) is 17.8. The van der Waals surface area contributed by atoms with Crippen molar-refractivity contribution in [2.45, 2.75) is 36.6 Å². The molecule has 1 aliphatic carbocycles. The second kappa shape index (κ2) is 7.56. The lowest BCUT2D eigenvalue weighted by molar-refractivity contribution is 0.425. The van der Waals surface area contributed by atoms with Gasteiger partial charge in [-0.1, -0.05) is 55.5 Å². The van der Waals surface area contributed by atoms with Gasteiger partial charge in [-0.2, -0.15) is 0 Å². The Balaban J connectivity index is 1.53. The van der Waals surface area contributed by atoms with E-state index in [9.17, 15) is 8.42 Å². The normalized spacial score (nSPS) is 22.5. The summed E-state index contributed by atoms with van der Waals surface area (Å²) >= 11 is 0. The van der Waals surface area contributed by atoms with E-state index in [-0.39, 0.29) is 12.0 Å². The van der Waals surface area contributed by atoms with Crippen LogP contribution >= 0.6 is 0 Å². The van der Waals surface area contributed by atoms with Crippen molar-refractivity contribution in [1.82, 2.24) is 4.72 Å². The van der Waals surface area contributed by atoms with Crippen molar-refractivity contribution in [1.29, 1.82) is 0 Å². The number of sulfonamides is 1. The summed E-state index contributed by atoms with van der Waals surface area (Å²) in [5.74, 6) is 0.597. The van der Waals surface area contributed by atoms with Crippen LogP contribution < -0.4 is 10.0 Å². The fraction of sp³-hybridized carbons (Fsp3) is 0.280. The van der Waals surface area contributed by atoms with Crippen molar-refractivity contribution < 1.29 is 8.42 Å². The first-order valence-electron chi connectivity index (χ1n) is 10.6. The fourth-order valence-corrected chi connectivity index (χ4v) is 5.96. The van der Waals surface area contributed by atoms with Gasteiger partial charge in [-0.25, -0.2) is 13.1 Å². The van der Waals surface area contributed by atoms with Gasteiger partial charge in [0.25, 0.3) is 0 Å². The predicted octanol–water partition coefficient (Wildman–Crippen LogP) is 5.35. The number of hydrogen-bond acceptors (Lipinski definition) is 3. The number of benzene rings is 3. The first-order valence-corrected chi connectivity index (χ1v) is 12.1. The summed E-state index contributed by atoms with van der Waals surface area (Å²) in [7, 11) is -3.48. The number of rotatable bonds is 5. The van der Waals surface area contributed by atoms with E-state index in [2.05, 4.69) is 64.7 Å². The predicted molar refractivity (Wildman–Crippen MR) is 122 cm³/mol. The van der Waals surface area contributed by atoms with Gasteiger partial charge in [-0.05, 0) is 64.9 Å². The summed E-state index contributed by atoms with van der Waals surface area (Å²) in [5.41, 5.74) is 3.37. The third-order valence-electron chi connectivity index (χ3n) is 6.32. The molecule has 4 nitrogen and oxygen atoms in total. The molecule has 2 aliphatic rings. The molecule has 0 radical (unpaired) electrons. The Labute approximate surface area is 178 Å². The summed E-state index contributed by atoms with van der Waals surface area (Å²) in [6.45, 7) is 2.41. The minimum absolute atomic E-state index is 0.197. The quantitative estimate of drug-likeness (QED) is 0.549. The summed E-state index contributed by atoms with van der Waals surface area (Å²) in [6.07, 6.45) is 6.23. The van der Waals surface area contributed by atoms with Crippen LogP contribution in [0.2, 0.25) is 0 Å². The maximum absolute atomic E-state index is 12.6. The van der Waals surface area contributed by atoms with Gasteiger partial charge in [0.05, 0.1) is 10.9 Å². The molecule has 1 heterocycles. The molecule has 0 amide bonds. The third-order valence-corrected chi connectivity index (χ3v) is 7.78. The van der Waals surface area contributed by atoms with E-state index in [1.807, 2.05) is 19.1 Å². The highest BCUT2D eigenvalue weighted by atomic mass is 32.2. The number of hydrogen-bond donors (Lipinski definition) is 2. The monoisotopic (exact) mass is 418 g/mol. The van der Waals surface area contributed by atoms with Gasteiger partial charge in [0.15, 0.2) is 0 Å². The lowest BCUT2D eigenvalue weighted by Gasteiger charge is -2.37. The highest BCUT2D eigenvalue weighted by Crippen LogP contribution is 2.50.